The lowest BCUT2D eigenvalue weighted by atomic mass is 10.3. The van der Waals surface area contributed by atoms with Gasteiger partial charge in [-0.2, -0.15) is 5.10 Å². The molecule has 2 rings (SSSR count). The molecule has 0 radical (unpaired) electrons. The zero-order valence-corrected chi connectivity index (χ0v) is 9.42. The van der Waals surface area contributed by atoms with Crippen molar-refractivity contribution >= 4 is 6.29 Å². The molecule has 0 saturated carbocycles. The van der Waals surface area contributed by atoms with Gasteiger partial charge in [0.1, 0.15) is 5.69 Å². The Kier molecular flexibility index (Phi) is 2.85. The molecule has 0 fully saturated rings. The van der Waals surface area contributed by atoms with E-state index in [1.54, 1.807) is 12.5 Å². The van der Waals surface area contributed by atoms with Crippen molar-refractivity contribution in [3.63, 3.8) is 0 Å². The summed E-state index contributed by atoms with van der Waals surface area (Å²) in [7, 11) is 0. The first-order valence-corrected chi connectivity index (χ1v) is 5.23. The second kappa shape index (κ2) is 4.30. The highest BCUT2D eigenvalue weighted by Gasteiger charge is 2.05. The summed E-state index contributed by atoms with van der Waals surface area (Å²) in [6.45, 7) is 5.56. The maximum absolute atomic E-state index is 10.5. The standard InChI is InChI=1S/C11H14N4O/c1-3-15-11(4-9(2)13-15)6-14-5-10(7-16)12-8-14/h4-5,7-8H,3,6H2,1-2H3. The van der Waals surface area contributed by atoms with Crippen LogP contribution in [0, 0.1) is 6.92 Å². The van der Waals surface area contributed by atoms with Crippen LogP contribution in [-0.4, -0.2) is 25.6 Å². The van der Waals surface area contributed by atoms with Crippen LogP contribution in [0.1, 0.15) is 28.8 Å². The Bertz CT molecular complexity index is 498. The van der Waals surface area contributed by atoms with Gasteiger partial charge in [0.2, 0.25) is 0 Å². The molecule has 5 nitrogen and oxygen atoms in total. The van der Waals surface area contributed by atoms with Crippen LogP contribution in [0.3, 0.4) is 0 Å². The fourth-order valence-electron chi connectivity index (χ4n) is 1.71. The molecule has 0 amide bonds. The molecule has 0 aliphatic carbocycles. The van der Waals surface area contributed by atoms with E-state index in [-0.39, 0.29) is 0 Å². The summed E-state index contributed by atoms with van der Waals surface area (Å²) < 4.78 is 3.84. The fourth-order valence-corrected chi connectivity index (χ4v) is 1.71. The van der Waals surface area contributed by atoms with Gasteiger partial charge in [-0.1, -0.05) is 0 Å². The average Bonchev–Trinajstić information content (AvgIpc) is 2.85. The maximum atomic E-state index is 10.5. The Morgan fingerprint density at radius 3 is 2.94 bits per heavy atom. The summed E-state index contributed by atoms with van der Waals surface area (Å²) in [6, 6.07) is 2.05. The lowest BCUT2D eigenvalue weighted by Gasteiger charge is -2.04. The molecule has 0 atom stereocenters. The molecule has 0 unspecified atom stereocenters. The summed E-state index contributed by atoms with van der Waals surface area (Å²) in [5, 5.41) is 4.37. The first-order valence-electron chi connectivity index (χ1n) is 5.23. The van der Waals surface area contributed by atoms with Crippen LogP contribution in [0.2, 0.25) is 0 Å². The minimum Gasteiger partial charge on any atom is -0.331 e. The van der Waals surface area contributed by atoms with E-state index < -0.39 is 0 Å². The Hall–Kier alpha value is -1.91. The largest absolute Gasteiger partial charge is 0.331 e. The van der Waals surface area contributed by atoms with E-state index >= 15 is 0 Å². The molecule has 0 aliphatic heterocycles. The molecule has 0 aromatic carbocycles. The summed E-state index contributed by atoms with van der Waals surface area (Å²) in [4.78, 5) is 14.5. The molecule has 2 heterocycles. The monoisotopic (exact) mass is 218 g/mol. The summed E-state index contributed by atoms with van der Waals surface area (Å²) in [5.41, 5.74) is 2.58. The van der Waals surface area contributed by atoms with E-state index in [0.717, 1.165) is 24.2 Å². The number of carbonyl (C=O) groups is 1. The summed E-state index contributed by atoms with van der Waals surface area (Å²) >= 11 is 0. The second-order valence-electron chi connectivity index (χ2n) is 3.68. The number of rotatable bonds is 4. The first-order chi connectivity index (χ1) is 7.72. The van der Waals surface area contributed by atoms with Crippen LogP contribution < -0.4 is 0 Å². The van der Waals surface area contributed by atoms with Crippen molar-refractivity contribution in [3.8, 4) is 0 Å². The van der Waals surface area contributed by atoms with Crippen LogP contribution in [0.5, 0.6) is 0 Å². The van der Waals surface area contributed by atoms with E-state index in [1.165, 1.54) is 0 Å². The number of aryl methyl sites for hydroxylation is 2. The van der Waals surface area contributed by atoms with Gasteiger partial charge in [-0.3, -0.25) is 9.48 Å². The number of imidazole rings is 1. The lowest BCUT2D eigenvalue weighted by molar-refractivity contribution is 0.111. The topological polar surface area (TPSA) is 52.7 Å². The third-order valence-corrected chi connectivity index (χ3v) is 2.40. The highest BCUT2D eigenvalue weighted by Crippen LogP contribution is 2.06. The van der Waals surface area contributed by atoms with Crippen molar-refractivity contribution in [2.75, 3.05) is 0 Å². The van der Waals surface area contributed by atoms with E-state index in [9.17, 15) is 4.79 Å². The number of nitrogens with zero attached hydrogens (tertiary/aromatic N) is 4. The van der Waals surface area contributed by atoms with E-state index in [0.29, 0.717) is 12.2 Å². The molecule has 2 aromatic heterocycles. The van der Waals surface area contributed by atoms with E-state index in [1.807, 2.05) is 22.2 Å². The first kappa shape index (κ1) is 10.6. The van der Waals surface area contributed by atoms with Gasteiger partial charge in [0.05, 0.1) is 24.3 Å². The van der Waals surface area contributed by atoms with Crippen molar-refractivity contribution in [1.82, 2.24) is 19.3 Å². The molecule has 5 heteroatoms. The Balaban J connectivity index is 2.22. The van der Waals surface area contributed by atoms with Crippen LogP contribution >= 0.6 is 0 Å². The van der Waals surface area contributed by atoms with E-state index in [4.69, 9.17) is 0 Å². The van der Waals surface area contributed by atoms with Gasteiger partial charge in [0, 0.05) is 12.7 Å². The quantitative estimate of drug-likeness (QED) is 0.726. The smallest absolute Gasteiger partial charge is 0.169 e. The van der Waals surface area contributed by atoms with Gasteiger partial charge in [-0.05, 0) is 19.9 Å². The predicted octanol–water partition coefficient (Wildman–Crippen LogP) is 1.27. The van der Waals surface area contributed by atoms with Crippen molar-refractivity contribution in [1.29, 1.82) is 0 Å². The lowest BCUT2D eigenvalue weighted by Crippen LogP contribution is -2.06. The van der Waals surface area contributed by atoms with Crippen molar-refractivity contribution in [2.45, 2.75) is 26.9 Å². The third-order valence-electron chi connectivity index (χ3n) is 2.40. The van der Waals surface area contributed by atoms with Crippen molar-refractivity contribution < 1.29 is 4.79 Å². The highest BCUT2D eigenvalue weighted by molar-refractivity contribution is 5.70. The molecule has 0 bridgehead atoms. The number of aromatic nitrogens is 4. The molecule has 84 valence electrons. The Labute approximate surface area is 93.7 Å². The SMILES string of the molecule is CCn1nc(C)cc1Cn1cnc(C=O)c1. The van der Waals surface area contributed by atoms with Gasteiger partial charge < -0.3 is 4.57 Å². The fraction of sp³-hybridized carbons (Fsp3) is 0.364. The van der Waals surface area contributed by atoms with Gasteiger partial charge in [0.25, 0.3) is 0 Å². The molecule has 0 spiro atoms. The number of hydrogen-bond donors (Lipinski definition) is 0. The Morgan fingerprint density at radius 1 is 1.50 bits per heavy atom. The molecular formula is C11H14N4O. The predicted molar refractivity (Wildman–Crippen MR) is 59.4 cm³/mol. The Morgan fingerprint density at radius 2 is 2.31 bits per heavy atom. The van der Waals surface area contributed by atoms with Crippen LogP contribution in [0.25, 0.3) is 0 Å². The van der Waals surface area contributed by atoms with Gasteiger partial charge in [-0.15, -0.1) is 0 Å². The molecule has 0 aliphatic rings. The van der Waals surface area contributed by atoms with Gasteiger partial charge in [0.15, 0.2) is 6.29 Å². The number of carbonyl (C=O) groups excluding carboxylic acids is 1. The van der Waals surface area contributed by atoms with Crippen LogP contribution in [0.4, 0.5) is 0 Å². The van der Waals surface area contributed by atoms with Crippen molar-refractivity contribution in [2.24, 2.45) is 0 Å². The summed E-state index contributed by atoms with van der Waals surface area (Å²) in [6.07, 6.45) is 4.14. The number of aldehydes is 1. The maximum Gasteiger partial charge on any atom is 0.169 e. The van der Waals surface area contributed by atoms with E-state index in [2.05, 4.69) is 17.0 Å². The van der Waals surface area contributed by atoms with Gasteiger partial charge in [-0.25, -0.2) is 4.98 Å². The highest BCUT2D eigenvalue weighted by atomic mass is 16.1. The molecule has 0 saturated heterocycles. The average molecular weight is 218 g/mol. The summed E-state index contributed by atoms with van der Waals surface area (Å²) in [5.74, 6) is 0. The van der Waals surface area contributed by atoms with Crippen molar-refractivity contribution in [3.05, 3.63) is 35.7 Å². The normalized spacial score (nSPS) is 10.6. The van der Waals surface area contributed by atoms with Crippen LogP contribution in [0.15, 0.2) is 18.6 Å². The minimum atomic E-state index is 0.458. The second-order valence-corrected chi connectivity index (χ2v) is 3.68. The zero-order chi connectivity index (χ0) is 11.5. The molecular weight excluding hydrogens is 204 g/mol. The molecule has 16 heavy (non-hydrogen) atoms. The molecule has 2 aromatic rings. The van der Waals surface area contributed by atoms with Crippen LogP contribution in [-0.2, 0) is 13.1 Å². The molecule has 0 N–H and O–H groups in total. The number of hydrogen-bond acceptors (Lipinski definition) is 3. The van der Waals surface area contributed by atoms with Gasteiger partial charge >= 0.3 is 0 Å². The minimum absolute atomic E-state index is 0.458. The third kappa shape index (κ3) is 2.03. The zero-order valence-electron chi connectivity index (χ0n) is 9.42.